The first-order chi connectivity index (χ1) is 6.27. The third-order valence-corrected chi connectivity index (χ3v) is 3.09. The number of unbranched alkanes of at least 4 members (excludes halogenated alkanes) is 3. The van der Waals surface area contributed by atoms with Crippen molar-refractivity contribution in [3.05, 3.63) is 0 Å². The van der Waals surface area contributed by atoms with Gasteiger partial charge in [-0.2, -0.15) is 0 Å². The Bertz CT molecular complexity index is 132. The van der Waals surface area contributed by atoms with E-state index >= 15 is 0 Å². The Morgan fingerprint density at radius 3 is 2.38 bits per heavy atom. The molecule has 0 heterocycles. The molecule has 78 valence electrons. The van der Waals surface area contributed by atoms with Gasteiger partial charge in [0.2, 0.25) is 0 Å². The summed E-state index contributed by atoms with van der Waals surface area (Å²) in [6.45, 7) is 3.83. The summed E-state index contributed by atoms with van der Waals surface area (Å²) in [5.41, 5.74) is 0.469. The Balaban J connectivity index is 1.83. The summed E-state index contributed by atoms with van der Waals surface area (Å²) in [4.78, 5) is 0. The van der Waals surface area contributed by atoms with Crippen molar-refractivity contribution >= 4 is 0 Å². The first-order valence-corrected chi connectivity index (χ1v) is 5.63. The van der Waals surface area contributed by atoms with Crippen molar-refractivity contribution in [1.82, 2.24) is 5.32 Å². The monoisotopic (exact) mass is 185 g/mol. The van der Waals surface area contributed by atoms with Gasteiger partial charge in [0.15, 0.2) is 0 Å². The van der Waals surface area contributed by atoms with Crippen LogP contribution in [-0.2, 0) is 0 Å². The first-order valence-electron chi connectivity index (χ1n) is 5.63. The lowest BCUT2D eigenvalue weighted by molar-refractivity contribution is 0.207. The summed E-state index contributed by atoms with van der Waals surface area (Å²) < 4.78 is 0. The van der Waals surface area contributed by atoms with E-state index in [1.54, 1.807) is 0 Å². The van der Waals surface area contributed by atoms with E-state index < -0.39 is 0 Å². The van der Waals surface area contributed by atoms with Crippen molar-refractivity contribution in [2.45, 2.75) is 57.4 Å². The summed E-state index contributed by atoms with van der Waals surface area (Å²) in [5.74, 6) is 0. The molecule has 1 aliphatic carbocycles. The fraction of sp³-hybridized carbons (Fsp3) is 1.00. The van der Waals surface area contributed by atoms with Crippen molar-refractivity contribution in [2.24, 2.45) is 0 Å². The van der Waals surface area contributed by atoms with Crippen molar-refractivity contribution in [1.29, 1.82) is 0 Å². The minimum absolute atomic E-state index is 0.352. The molecule has 0 spiro atoms. The predicted molar refractivity (Wildman–Crippen MR) is 55.8 cm³/mol. The minimum atomic E-state index is 0.352. The Morgan fingerprint density at radius 1 is 1.15 bits per heavy atom. The highest BCUT2D eigenvalue weighted by Gasteiger charge is 2.30. The molecule has 2 nitrogen and oxygen atoms in total. The standard InChI is InChI=1S/C11H23NO/c1-11(7-6-8-11)12-9-4-2-3-5-10-13/h12-13H,2-10H2,1H3. The van der Waals surface area contributed by atoms with Gasteiger partial charge in [-0.15, -0.1) is 0 Å². The molecular weight excluding hydrogens is 162 g/mol. The average Bonchev–Trinajstić information content (AvgIpc) is 2.08. The molecule has 0 amide bonds. The molecule has 2 heteroatoms. The summed E-state index contributed by atoms with van der Waals surface area (Å²) in [7, 11) is 0. The van der Waals surface area contributed by atoms with E-state index in [-0.39, 0.29) is 0 Å². The van der Waals surface area contributed by atoms with Gasteiger partial charge in [0.05, 0.1) is 0 Å². The van der Waals surface area contributed by atoms with Gasteiger partial charge in [0, 0.05) is 12.1 Å². The van der Waals surface area contributed by atoms with Crippen LogP contribution in [0.2, 0.25) is 0 Å². The first kappa shape index (κ1) is 11.0. The molecule has 0 aromatic rings. The van der Waals surface area contributed by atoms with E-state index in [0.29, 0.717) is 12.1 Å². The highest BCUT2D eigenvalue weighted by atomic mass is 16.2. The molecule has 0 atom stereocenters. The van der Waals surface area contributed by atoms with Gasteiger partial charge in [-0.05, 0) is 45.6 Å². The molecule has 2 N–H and O–H groups in total. The lowest BCUT2D eigenvalue weighted by atomic mass is 9.78. The van der Waals surface area contributed by atoms with Crippen LogP contribution < -0.4 is 5.32 Å². The largest absolute Gasteiger partial charge is 0.396 e. The normalized spacial score (nSPS) is 19.8. The van der Waals surface area contributed by atoms with Crippen LogP contribution in [0.3, 0.4) is 0 Å². The zero-order valence-electron chi connectivity index (χ0n) is 8.81. The third kappa shape index (κ3) is 4.10. The van der Waals surface area contributed by atoms with Crippen molar-refractivity contribution in [3.8, 4) is 0 Å². The Morgan fingerprint density at radius 2 is 1.85 bits per heavy atom. The number of aliphatic hydroxyl groups excluding tert-OH is 1. The Kier molecular flexibility index (Phi) is 4.74. The number of nitrogens with one attached hydrogen (secondary N) is 1. The highest BCUT2D eigenvalue weighted by Crippen LogP contribution is 2.30. The van der Waals surface area contributed by atoms with Gasteiger partial charge in [0.25, 0.3) is 0 Å². The van der Waals surface area contributed by atoms with E-state index in [4.69, 9.17) is 5.11 Å². The van der Waals surface area contributed by atoms with Crippen molar-refractivity contribution < 1.29 is 5.11 Å². The van der Waals surface area contributed by atoms with Gasteiger partial charge < -0.3 is 10.4 Å². The molecule has 0 aromatic heterocycles. The van der Waals surface area contributed by atoms with Crippen LogP contribution in [0.15, 0.2) is 0 Å². The predicted octanol–water partition coefficient (Wildman–Crippen LogP) is 2.07. The minimum Gasteiger partial charge on any atom is -0.396 e. The maximum Gasteiger partial charge on any atom is 0.0431 e. The Hall–Kier alpha value is -0.0800. The van der Waals surface area contributed by atoms with E-state index in [1.165, 1.54) is 38.5 Å². The zero-order valence-corrected chi connectivity index (χ0v) is 8.81. The van der Waals surface area contributed by atoms with Gasteiger partial charge in [-0.25, -0.2) is 0 Å². The Labute approximate surface area is 81.7 Å². The van der Waals surface area contributed by atoms with Crippen LogP contribution in [0.1, 0.15) is 51.9 Å². The quantitative estimate of drug-likeness (QED) is 0.595. The topological polar surface area (TPSA) is 32.3 Å². The van der Waals surface area contributed by atoms with Crippen molar-refractivity contribution in [3.63, 3.8) is 0 Å². The lowest BCUT2D eigenvalue weighted by Crippen LogP contribution is -2.48. The van der Waals surface area contributed by atoms with E-state index in [0.717, 1.165) is 13.0 Å². The molecule has 1 saturated carbocycles. The third-order valence-electron chi connectivity index (χ3n) is 3.09. The van der Waals surface area contributed by atoms with Crippen LogP contribution in [0.5, 0.6) is 0 Å². The van der Waals surface area contributed by atoms with Gasteiger partial charge in [-0.1, -0.05) is 12.8 Å². The van der Waals surface area contributed by atoms with E-state index in [2.05, 4.69) is 12.2 Å². The average molecular weight is 185 g/mol. The van der Waals surface area contributed by atoms with Crippen molar-refractivity contribution in [2.75, 3.05) is 13.2 Å². The second-order valence-electron chi connectivity index (χ2n) is 4.48. The van der Waals surface area contributed by atoms with Crippen LogP contribution in [0.25, 0.3) is 0 Å². The number of aliphatic hydroxyl groups is 1. The summed E-state index contributed by atoms with van der Waals surface area (Å²) in [6.07, 6.45) is 8.76. The molecule has 0 unspecified atom stereocenters. The fourth-order valence-corrected chi connectivity index (χ4v) is 1.86. The lowest BCUT2D eigenvalue weighted by Gasteiger charge is -2.39. The molecular formula is C11H23NO. The van der Waals surface area contributed by atoms with E-state index in [9.17, 15) is 0 Å². The summed E-state index contributed by atoms with van der Waals surface area (Å²) >= 11 is 0. The van der Waals surface area contributed by atoms with E-state index in [1.807, 2.05) is 0 Å². The summed E-state index contributed by atoms with van der Waals surface area (Å²) in [5, 5.41) is 12.2. The molecule has 0 radical (unpaired) electrons. The molecule has 0 aromatic carbocycles. The number of hydrogen-bond acceptors (Lipinski definition) is 2. The fourth-order valence-electron chi connectivity index (χ4n) is 1.86. The highest BCUT2D eigenvalue weighted by molar-refractivity contribution is 4.91. The maximum atomic E-state index is 8.58. The second kappa shape index (κ2) is 5.61. The number of hydrogen-bond donors (Lipinski definition) is 2. The molecule has 1 fully saturated rings. The van der Waals surface area contributed by atoms with Crippen LogP contribution in [0, 0.1) is 0 Å². The SMILES string of the molecule is CC1(NCCCCCCO)CCC1. The van der Waals surface area contributed by atoms with Crippen LogP contribution in [0.4, 0.5) is 0 Å². The summed E-state index contributed by atoms with van der Waals surface area (Å²) in [6, 6.07) is 0. The molecule has 1 rings (SSSR count). The zero-order chi connectivity index (χ0) is 9.57. The molecule has 0 bridgehead atoms. The number of rotatable bonds is 7. The van der Waals surface area contributed by atoms with Crippen LogP contribution >= 0.6 is 0 Å². The molecule has 13 heavy (non-hydrogen) atoms. The molecule has 0 aliphatic heterocycles. The van der Waals surface area contributed by atoms with Gasteiger partial charge >= 0.3 is 0 Å². The molecule has 0 saturated heterocycles. The van der Waals surface area contributed by atoms with Gasteiger partial charge in [-0.3, -0.25) is 0 Å². The van der Waals surface area contributed by atoms with Crippen LogP contribution in [-0.4, -0.2) is 23.8 Å². The smallest absolute Gasteiger partial charge is 0.0431 e. The maximum absolute atomic E-state index is 8.58. The van der Waals surface area contributed by atoms with Gasteiger partial charge in [0.1, 0.15) is 0 Å². The second-order valence-corrected chi connectivity index (χ2v) is 4.48. The molecule has 1 aliphatic rings.